The van der Waals surface area contributed by atoms with E-state index >= 15 is 0 Å². The van der Waals surface area contributed by atoms with E-state index in [1.165, 1.54) is 0 Å². The molecule has 0 aliphatic carbocycles. The van der Waals surface area contributed by atoms with Gasteiger partial charge in [-0.3, -0.25) is 4.68 Å². The predicted octanol–water partition coefficient (Wildman–Crippen LogP) is 2.28. The van der Waals surface area contributed by atoms with Crippen molar-refractivity contribution in [2.75, 3.05) is 25.6 Å². The normalized spacial score (nSPS) is 10.5. The lowest BCUT2D eigenvalue weighted by Crippen LogP contribution is -2.03. The van der Waals surface area contributed by atoms with Crippen LogP contribution in [0.4, 0.5) is 5.69 Å². The summed E-state index contributed by atoms with van der Waals surface area (Å²) in [4.78, 5) is 0. The van der Waals surface area contributed by atoms with Gasteiger partial charge in [-0.25, -0.2) is 0 Å². The van der Waals surface area contributed by atoms with Crippen LogP contribution in [0, 0.1) is 0 Å². The number of rotatable bonds is 9. The highest BCUT2D eigenvalue weighted by atomic mass is 16.5. The van der Waals surface area contributed by atoms with Gasteiger partial charge in [0.15, 0.2) is 11.5 Å². The molecule has 120 valence electrons. The summed E-state index contributed by atoms with van der Waals surface area (Å²) in [6.45, 7) is 3.99. The van der Waals surface area contributed by atoms with Crippen LogP contribution in [0.5, 0.6) is 11.5 Å². The molecule has 0 bridgehead atoms. The zero-order valence-electron chi connectivity index (χ0n) is 13.1. The summed E-state index contributed by atoms with van der Waals surface area (Å²) in [5.41, 5.74) is 2.01. The number of anilines is 1. The third-order valence-electron chi connectivity index (χ3n) is 3.15. The Hall–Kier alpha value is -2.21. The van der Waals surface area contributed by atoms with E-state index < -0.39 is 0 Å². The van der Waals surface area contributed by atoms with Crippen molar-refractivity contribution in [3.63, 3.8) is 0 Å². The fourth-order valence-corrected chi connectivity index (χ4v) is 2.04. The molecule has 0 atom stereocenters. The Morgan fingerprint density at radius 2 is 2.18 bits per heavy atom. The van der Waals surface area contributed by atoms with Gasteiger partial charge in [0.2, 0.25) is 0 Å². The fraction of sp³-hybridized carbons (Fsp3) is 0.438. The summed E-state index contributed by atoms with van der Waals surface area (Å²) in [6, 6.07) is 5.91. The summed E-state index contributed by atoms with van der Waals surface area (Å²) in [5.74, 6) is 1.51. The van der Waals surface area contributed by atoms with E-state index in [0.29, 0.717) is 19.7 Å². The van der Waals surface area contributed by atoms with Crippen molar-refractivity contribution >= 4 is 5.69 Å². The van der Waals surface area contributed by atoms with Crippen LogP contribution in [-0.2, 0) is 13.1 Å². The maximum absolute atomic E-state index is 8.88. The van der Waals surface area contributed by atoms with E-state index in [4.69, 9.17) is 14.6 Å². The van der Waals surface area contributed by atoms with Gasteiger partial charge in [0.05, 0.1) is 38.8 Å². The van der Waals surface area contributed by atoms with Crippen LogP contribution in [0.15, 0.2) is 30.6 Å². The SMILES string of the molecule is CCCOc1ccc(CNc2cnn(CCO)c2)cc1OC. The highest BCUT2D eigenvalue weighted by Gasteiger charge is 2.06. The van der Waals surface area contributed by atoms with Gasteiger partial charge in [0, 0.05) is 12.7 Å². The molecule has 0 saturated carbocycles. The lowest BCUT2D eigenvalue weighted by molar-refractivity contribution is 0.269. The minimum absolute atomic E-state index is 0.0809. The number of aromatic nitrogens is 2. The number of hydrogen-bond acceptors (Lipinski definition) is 5. The number of nitrogens with zero attached hydrogens (tertiary/aromatic N) is 2. The second-order valence-electron chi connectivity index (χ2n) is 4.90. The van der Waals surface area contributed by atoms with Crippen molar-refractivity contribution in [2.24, 2.45) is 0 Å². The van der Waals surface area contributed by atoms with E-state index in [1.54, 1.807) is 18.0 Å². The average Bonchev–Trinajstić information content (AvgIpc) is 2.99. The molecule has 0 radical (unpaired) electrons. The van der Waals surface area contributed by atoms with Gasteiger partial charge in [0.25, 0.3) is 0 Å². The third-order valence-corrected chi connectivity index (χ3v) is 3.15. The van der Waals surface area contributed by atoms with Crippen LogP contribution < -0.4 is 14.8 Å². The Bertz CT molecular complexity index is 584. The van der Waals surface area contributed by atoms with Crippen molar-refractivity contribution < 1.29 is 14.6 Å². The number of hydrogen-bond donors (Lipinski definition) is 2. The third kappa shape index (κ3) is 4.39. The Morgan fingerprint density at radius 1 is 1.32 bits per heavy atom. The van der Waals surface area contributed by atoms with Crippen LogP contribution in [0.1, 0.15) is 18.9 Å². The summed E-state index contributed by atoms with van der Waals surface area (Å²) in [6.07, 6.45) is 4.57. The van der Waals surface area contributed by atoms with Crippen LogP contribution in [0.3, 0.4) is 0 Å². The zero-order chi connectivity index (χ0) is 15.8. The van der Waals surface area contributed by atoms with Gasteiger partial charge in [0.1, 0.15) is 0 Å². The fourth-order valence-electron chi connectivity index (χ4n) is 2.04. The van der Waals surface area contributed by atoms with Crippen molar-refractivity contribution in [3.05, 3.63) is 36.2 Å². The van der Waals surface area contributed by atoms with Crippen molar-refractivity contribution in [1.29, 1.82) is 0 Å². The van der Waals surface area contributed by atoms with E-state index in [1.807, 2.05) is 24.4 Å². The molecular formula is C16H23N3O3. The Labute approximate surface area is 130 Å². The van der Waals surface area contributed by atoms with Gasteiger partial charge >= 0.3 is 0 Å². The van der Waals surface area contributed by atoms with Gasteiger partial charge in [-0.1, -0.05) is 13.0 Å². The lowest BCUT2D eigenvalue weighted by atomic mass is 10.2. The minimum Gasteiger partial charge on any atom is -0.493 e. The van der Waals surface area contributed by atoms with E-state index in [-0.39, 0.29) is 6.61 Å². The van der Waals surface area contributed by atoms with E-state index in [2.05, 4.69) is 17.3 Å². The molecule has 22 heavy (non-hydrogen) atoms. The standard InChI is InChI=1S/C16H23N3O3/c1-3-8-22-15-5-4-13(9-16(15)21-2)10-17-14-11-18-19(12-14)6-7-20/h4-5,9,11-12,17,20H,3,6-8,10H2,1-2H3. The second-order valence-corrected chi connectivity index (χ2v) is 4.90. The first kappa shape index (κ1) is 16.2. The van der Waals surface area contributed by atoms with Crippen molar-refractivity contribution in [3.8, 4) is 11.5 Å². The molecule has 2 aromatic rings. The van der Waals surface area contributed by atoms with Crippen LogP contribution in [0.2, 0.25) is 0 Å². The molecule has 0 spiro atoms. The Morgan fingerprint density at radius 3 is 2.91 bits per heavy atom. The molecular weight excluding hydrogens is 282 g/mol. The molecule has 0 aliphatic heterocycles. The smallest absolute Gasteiger partial charge is 0.161 e. The topological polar surface area (TPSA) is 68.5 Å². The molecule has 1 heterocycles. The van der Waals surface area contributed by atoms with E-state index in [0.717, 1.165) is 29.2 Å². The first-order valence-electron chi connectivity index (χ1n) is 7.43. The molecule has 0 saturated heterocycles. The minimum atomic E-state index is 0.0809. The number of ether oxygens (including phenoxy) is 2. The first-order chi connectivity index (χ1) is 10.8. The maximum Gasteiger partial charge on any atom is 0.161 e. The summed E-state index contributed by atoms with van der Waals surface area (Å²) >= 11 is 0. The molecule has 1 aromatic carbocycles. The number of aliphatic hydroxyl groups excluding tert-OH is 1. The molecule has 0 unspecified atom stereocenters. The highest BCUT2D eigenvalue weighted by molar-refractivity contribution is 5.45. The van der Waals surface area contributed by atoms with Gasteiger partial charge in [-0.05, 0) is 24.1 Å². The number of methoxy groups -OCH3 is 1. The Balaban J connectivity index is 1.96. The molecule has 6 nitrogen and oxygen atoms in total. The molecule has 0 aliphatic rings. The largest absolute Gasteiger partial charge is 0.493 e. The summed E-state index contributed by atoms with van der Waals surface area (Å²) in [5, 5.41) is 16.3. The number of aliphatic hydroxyl groups is 1. The quantitative estimate of drug-likeness (QED) is 0.744. The van der Waals surface area contributed by atoms with Crippen molar-refractivity contribution in [2.45, 2.75) is 26.4 Å². The van der Waals surface area contributed by atoms with E-state index in [9.17, 15) is 0 Å². The van der Waals surface area contributed by atoms with Gasteiger partial charge in [-0.2, -0.15) is 5.10 Å². The zero-order valence-corrected chi connectivity index (χ0v) is 13.1. The predicted molar refractivity (Wildman–Crippen MR) is 85.4 cm³/mol. The second kappa shape index (κ2) is 8.29. The monoisotopic (exact) mass is 305 g/mol. The average molecular weight is 305 g/mol. The lowest BCUT2D eigenvalue weighted by Gasteiger charge is -2.12. The molecule has 0 fully saturated rings. The molecule has 2 N–H and O–H groups in total. The molecule has 6 heteroatoms. The first-order valence-corrected chi connectivity index (χ1v) is 7.43. The van der Waals surface area contributed by atoms with Crippen LogP contribution >= 0.6 is 0 Å². The van der Waals surface area contributed by atoms with Crippen molar-refractivity contribution in [1.82, 2.24) is 9.78 Å². The van der Waals surface area contributed by atoms with Gasteiger partial charge in [-0.15, -0.1) is 0 Å². The molecule has 0 amide bonds. The highest BCUT2D eigenvalue weighted by Crippen LogP contribution is 2.28. The molecule has 1 aromatic heterocycles. The van der Waals surface area contributed by atoms with Crippen LogP contribution in [0.25, 0.3) is 0 Å². The Kier molecular flexibility index (Phi) is 6.09. The van der Waals surface area contributed by atoms with Gasteiger partial charge < -0.3 is 19.9 Å². The molecule has 2 rings (SSSR count). The van der Waals surface area contributed by atoms with Crippen LogP contribution in [-0.4, -0.2) is 35.2 Å². The number of nitrogens with one attached hydrogen (secondary N) is 1. The number of benzene rings is 1. The summed E-state index contributed by atoms with van der Waals surface area (Å²) < 4.78 is 12.7. The summed E-state index contributed by atoms with van der Waals surface area (Å²) in [7, 11) is 1.64. The maximum atomic E-state index is 8.88.